The zero-order chi connectivity index (χ0) is 17.4. The Kier molecular flexibility index (Phi) is 3.88. The minimum atomic E-state index is -0.0327. The number of fused-ring (bicyclic) bond motifs is 1. The number of nitrogens with zero attached hydrogens (tertiary/aromatic N) is 3. The van der Waals surface area contributed by atoms with Crippen molar-refractivity contribution in [3.63, 3.8) is 0 Å². The first-order valence-electron chi connectivity index (χ1n) is 8.64. The fourth-order valence-electron chi connectivity index (χ4n) is 3.45. The number of rotatable bonds is 3. The summed E-state index contributed by atoms with van der Waals surface area (Å²) in [4.78, 5) is 15.4. The molecule has 0 saturated carbocycles. The van der Waals surface area contributed by atoms with Gasteiger partial charge in [-0.05, 0) is 30.5 Å². The van der Waals surface area contributed by atoms with Crippen molar-refractivity contribution in [1.29, 1.82) is 0 Å². The topological polar surface area (TPSA) is 38.1 Å². The Morgan fingerprint density at radius 3 is 2.12 bits per heavy atom. The van der Waals surface area contributed by atoms with Gasteiger partial charge in [-0.3, -0.25) is 4.79 Å². The van der Waals surface area contributed by atoms with E-state index >= 15 is 0 Å². The fraction of sp³-hybridized carbons (Fsp3) is 0.238. The van der Waals surface area contributed by atoms with Crippen LogP contribution in [-0.2, 0) is 13.1 Å². The van der Waals surface area contributed by atoms with E-state index in [0.717, 1.165) is 29.9 Å². The molecule has 0 fully saturated rings. The molecule has 0 aliphatic carbocycles. The molecule has 2 heterocycles. The van der Waals surface area contributed by atoms with E-state index < -0.39 is 0 Å². The highest BCUT2D eigenvalue weighted by molar-refractivity contribution is 5.77. The van der Waals surface area contributed by atoms with E-state index in [1.54, 1.807) is 4.68 Å². The van der Waals surface area contributed by atoms with E-state index in [-0.39, 0.29) is 11.6 Å². The van der Waals surface area contributed by atoms with E-state index in [1.165, 1.54) is 11.1 Å². The van der Waals surface area contributed by atoms with Gasteiger partial charge in [0.25, 0.3) is 5.56 Å². The van der Waals surface area contributed by atoms with E-state index in [0.29, 0.717) is 0 Å². The minimum Gasteiger partial charge on any atom is -0.361 e. The lowest BCUT2D eigenvalue weighted by Gasteiger charge is -2.22. The van der Waals surface area contributed by atoms with Crippen molar-refractivity contribution in [1.82, 2.24) is 9.78 Å². The van der Waals surface area contributed by atoms with E-state index in [2.05, 4.69) is 34.3 Å². The molecule has 0 atom stereocenters. The Bertz CT molecular complexity index is 935. The van der Waals surface area contributed by atoms with Gasteiger partial charge in [-0.2, -0.15) is 5.10 Å². The van der Waals surface area contributed by atoms with Gasteiger partial charge in [0, 0.05) is 13.1 Å². The molecular weight excluding hydrogens is 310 g/mol. The number of hydrogen-bond acceptors (Lipinski definition) is 3. The molecule has 4 rings (SSSR count). The highest BCUT2D eigenvalue weighted by Gasteiger charge is 2.24. The van der Waals surface area contributed by atoms with Crippen molar-refractivity contribution in [3.05, 3.63) is 82.3 Å². The zero-order valence-electron chi connectivity index (χ0n) is 14.5. The molecule has 0 spiro atoms. The van der Waals surface area contributed by atoms with Crippen LogP contribution in [0.2, 0.25) is 0 Å². The molecule has 25 heavy (non-hydrogen) atoms. The molecular formula is C21H21N3O. The van der Waals surface area contributed by atoms with Crippen LogP contribution in [0.25, 0.3) is 11.1 Å². The van der Waals surface area contributed by atoms with Crippen molar-refractivity contribution in [2.75, 3.05) is 4.90 Å². The molecule has 2 aromatic carbocycles. The maximum Gasteiger partial charge on any atom is 0.276 e. The first kappa shape index (κ1) is 15.6. The van der Waals surface area contributed by atoms with Crippen LogP contribution in [-0.4, -0.2) is 9.78 Å². The van der Waals surface area contributed by atoms with Gasteiger partial charge in [0.1, 0.15) is 0 Å². The molecule has 0 radical (unpaired) electrons. The molecule has 3 aromatic rings. The first-order chi connectivity index (χ1) is 12.1. The smallest absolute Gasteiger partial charge is 0.276 e. The summed E-state index contributed by atoms with van der Waals surface area (Å²) in [5.41, 5.74) is 5.18. The van der Waals surface area contributed by atoms with Crippen LogP contribution in [0.3, 0.4) is 0 Å². The minimum absolute atomic E-state index is 0.0276. The lowest BCUT2D eigenvalue weighted by molar-refractivity contribution is 0.503. The summed E-state index contributed by atoms with van der Waals surface area (Å²) in [5, 5.41) is 4.43. The Balaban J connectivity index is 1.86. The SMILES string of the molecule is CC(C)n1ncc(N2Cc3ccccc3C2)c(-c2ccccc2)c1=O. The van der Waals surface area contributed by atoms with Crippen LogP contribution >= 0.6 is 0 Å². The highest BCUT2D eigenvalue weighted by atomic mass is 16.1. The van der Waals surface area contributed by atoms with Crippen molar-refractivity contribution in [2.45, 2.75) is 33.0 Å². The predicted octanol–water partition coefficient (Wildman–Crippen LogP) is 4.01. The normalized spacial score (nSPS) is 13.3. The van der Waals surface area contributed by atoms with E-state index in [4.69, 9.17) is 0 Å². The van der Waals surface area contributed by atoms with Gasteiger partial charge in [0.05, 0.1) is 23.5 Å². The number of aromatic nitrogens is 2. The molecule has 126 valence electrons. The van der Waals surface area contributed by atoms with Gasteiger partial charge < -0.3 is 4.90 Å². The van der Waals surface area contributed by atoms with Crippen molar-refractivity contribution in [3.8, 4) is 11.1 Å². The van der Waals surface area contributed by atoms with Gasteiger partial charge >= 0.3 is 0 Å². The molecule has 0 amide bonds. The third-order valence-corrected chi connectivity index (χ3v) is 4.72. The lowest BCUT2D eigenvalue weighted by Crippen LogP contribution is -2.29. The summed E-state index contributed by atoms with van der Waals surface area (Å²) in [6.45, 7) is 5.58. The van der Waals surface area contributed by atoms with Gasteiger partial charge in [0.2, 0.25) is 0 Å². The molecule has 1 aliphatic rings. The van der Waals surface area contributed by atoms with Gasteiger partial charge in [0.15, 0.2) is 0 Å². The van der Waals surface area contributed by atoms with Gasteiger partial charge in [-0.1, -0.05) is 54.6 Å². The van der Waals surface area contributed by atoms with Crippen molar-refractivity contribution in [2.24, 2.45) is 0 Å². The monoisotopic (exact) mass is 331 g/mol. The first-order valence-corrected chi connectivity index (χ1v) is 8.64. The lowest BCUT2D eigenvalue weighted by atomic mass is 10.1. The summed E-state index contributed by atoms with van der Waals surface area (Å²) in [6, 6.07) is 18.4. The van der Waals surface area contributed by atoms with Crippen LogP contribution in [0.5, 0.6) is 0 Å². The average molecular weight is 331 g/mol. The molecule has 4 nitrogen and oxygen atoms in total. The van der Waals surface area contributed by atoms with E-state index in [9.17, 15) is 4.79 Å². The van der Waals surface area contributed by atoms with Crippen LogP contribution in [0, 0.1) is 0 Å². The quantitative estimate of drug-likeness (QED) is 0.728. The van der Waals surface area contributed by atoms with Crippen molar-refractivity contribution < 1.29 is 0 Å². The van der Waals surface area contributed by atoms with Crippen LogP contribution in [0.15, 0.2) is 65.6 Å². The Labute approximate surface area is 147 Å². The number of anilines is 1. The number of benzene rings is 2. The summed E-state index contributed by atoms with van der Waals surface area (Å²) >= 11 is 0. The molecule has 1 aromatic heterocycles. The third kappa shape index (κ3) is 2.74. The molecule has 1 aliphatic heterocycles. The average Bonchev–Trinajstić information content (AvgIpc) is 3.05. The molecule has 0 N–H and O–H groups in total. The van der Waals surface area contributed by atoms with Crippen LogP contribution < -0.4 is 10.5 Å². The summed E-state index contributed by atoms with van der Waals surface area (Å²) in [5.74, 6) is 0. The summed E-state index contributed by atoms with van der Waals surface area (Å²) < 4.78 is 1.56. The Morgan fingerprint density at radius 1 is 0.920 bits per heavy atom. The van der Waals surface area contributed by atoms with Gasteiger partial charge in [-0.25, -0.2) is 4.68 Å². The Hall–Kier alpha value is -2.88. The number of hydrogen-bond donors (Lipinski definition) is 0. The van der Waals surface area contributed by atoms with Gasteiger partial charge in [-0.15, -0.1) is 0 Å². The second-order valence-corrected chi connectivity index (χ2v) is 6.74. The fourth-order valence-corrected chi connectivity index (χ4v) is 3.45. The standard InChI is InChI=1S/C21H21N3O/c1-15(2)24-21(25)20(16-8-4-3-5-9-16)19(12-22-24)23-13-17-10-6-7-11-18(17)14-23/h3-12,15H,13-14H2,1-2H3. The second kappa shape index (κ2) is 6.20. The third-order valence-electron chi connectivity index (χ3n) is 4.72. The molecule has 0 bridgehead atoms. The predicted molar refractivity (Wildman–Crippen MR) is 101 cm³/mol. The summed E-state index contributed by atoms with van der Waals surface area (Å²) in [6.07, 6.45) is 1.84. The Morgan fingerprint density at radius 2 is 1.52 bits per heavy atom. The highest BCUT2D eigenvalue weighted by Crippen LogP contribution is 2.33. The molecule has 4 heteroatoms. The summed E-state index contributed by atoms with van der Waals surface area (Å²) in [7, 11) is 0. The maximum atomic E-state index is 13.1. The van der Waals surface area contributed by atoms with Crippen molar-refractivity contribution >= 4 is 5.69 Å². The largest absolute Gasteiger partial charge is 0.361 e. The molecule has 0 unspecified atom stereocenters. The maximum absolute atomic E-state index is 13.1. The second-order valence-electron chi connectivity index (χ2n) is 6.74. The van der Waals surface area contributed by atoms with E-state index in [1.807, 2.05) is 50.4 Å². The zero-order valence-corrected chi connectivity index (χ0v) is 14.5. The van der Waals surface area contributed by atoms with Crippen LogP contribution in [0.4, 0.5) is 5.69 Å². The molecule has 0 saturated heterocycles. The van der Waals surface area contributed by atoms with Crippen LogP contribution in [0.1, 0.15) is 31.0 Å².